The van der Waals surface area contributed by atoms with Gasteiger partial charge in [0, 0.05) is 5.56 Å². The molecule has 0 radical (unpaired) electrons. The monoisotopic (exact) mass is 488 g/mol. The van der Waals surface area contributed by atoms with Gasteiger partial charge in [0.05, 0.1) is 28.4 Å². The number of ketones is 1. The summed E-state index contributed by atoms with van der Waals surface area (Å²) in [6, 6.07) is 17.3. The maximum Gasteiger partial charge on any atom is 0.301 e. The highest BCUT2D eigenvalue weighted by Crippen LogP contribution is 2.44. The first kappa shape index (κ1) is 22.7. The van der Waals surface area contributed by atoms with Gasteiger partial charge < -0.3 is 9.84 Å². The molecule has 0 aliphatic carbocycles. The molecule has 4 aromatic rings. The Bertz CT molecular complexity index is 1480. The van der Waals surface area contributed by atoms with E-state index in [4.69, 9.17) is 4.74 Å². The molecule has 176 valence electrons. The highest BCUT2D eigenvalue weighted by atomic mass is 32.1. The largest absolute Gasteiger partial charge is 0.507 e. The number of aliphatic hydroxyl groups excluding tert-OH is 1. The maximum atomic E-state index is 13.8. The standard InChI is InChI=1S/C27H21FN2O4S/c1-3-34-19-11-8-16(9-12-19)23-22(24(31)17-6-4-15(2)5-7-17)25(32)26(33)30(23)27-29-20-13-10-18(28)14-21(20)35-27/h4-14,23,31H,3H2,1-2H3/b24-22+. The SMILES string of the molecule is CCOc1ccc(C2/C(=C(\O)c3ccc(C)cc3)C(=O)C(=O)N2c2nc3ccc(F)cc3s2)cc1. The minimum atomic E-state index is -0.919. The van der Waals surface area contributed by atoms with E-state index in [-0.39, 0.29) is 16.5 Å². The lowest BCUT2D eigenvalue weighted by atomic mass is 9.95. The fourth-order valence-electron chi connectivity index (χ4n) is 4.11. The Morgan fingerprint density at radius 3 is 2.49 bits per heavy atom. The van der Waals surface area contributed by atoms with Crippen molar-refractivity contribution >= 4 is 44.1 Å². The number of benzene rings is 3. The van der Waals surface area contributed by atoms with E-state index in [1.165, 1.54) is 23.1 Å². The van der Waals surface area contributed by atoms with Gasteiger partial charge in [-0.25, -0.2) is 9.37 Å². The maximum absolute atomic E-state index is 13.8. The molecule has 1 atom stereocenters. The van der Waals surface area contributed by atoms with Crippen LogP contribution in [0.5, 0.6) is 5.75 Å². The predicted molar refractivity (Wildman–Crippen MR) is 133 cm³/mol. The van der Waals surface area contributed by atoms with Gasteiger partial charge in [0.15, 0.2) is 5.13 Å². The fraction of sp³-hybridized carbons (Fsp3) is 0.148. The summed E-state index contributed by atoms with van der Waals surface area (Å²) >= 11 is 1.11. The minimum absolute atomic E-state index is 0.0338. The average molecular weight is 489 g/mol. The number of carbonyl (C=O) groups is 2. The Hall–Kier alpha value is -4.04. The molecule has 3 aromatic carbocycles. The van der Waals surface area contributed by atoms with Crippen molar-refractivity contribution in [1.82, 2.24) is 4.98 Å². The van der Waals surface area contributed by atoms with E-state index in [0.29, 0.717) is 33.7 Å². The van der Waals surface area contributed by atoms with Gasteiger partial charge in [0.1, 0.15) is 17.3 Å². The second-order valence-electron chi connectivity index (χ2n) is 8.15. The molecule has 1 amide bonds. The first-order chi connectivity index (χ1) is 16.9. The quantitative estimate of drug-likeness (QED) is 0.219. The smallest absolute Gasteiger partial charge is 0.301 e. The lowest BCUT2D eigenvalue weighted by Gasteiger charge is -2.23. The molecule has 8 heteroatoms. The topological polar surface area (TPSA) is 79.7 Å². The van der Waals surface area contributed by atoms with Crippen LogP contribution in [0.25, 0.3) is 16.0 Å². The lowest BCUT2D eigenvalue weighted by molar-refractivity contribution is -0.132. The second kappa shape index (κ2) is 8.96. The molecule has 2 heterocycles. The number of hydrogen-bond acceptors (Lipinski definition) is 6. The van der Waals surface area contributed by atoms with Crippen LogP contribution < -0.4 is 9.64 Å². The molecule has 35 heavy (non-hydrogen) atoms. The average Bonchev–Trinajstić information content (AvgIpc) is 3.37. The number of Topliss-reactive ketones (excluding diaryl/α,β-unsaturated/α-hetero) is 1. The molecule has 1 saturated heterocycles. The number of halogens is 1. The molecular formula is C27H21FN2O4S. The Kier molecular flexibility index (Phi) is 5.82. The molecule has 1 aliphatic heterocycles. The van der Waals surface area contributed by atoms with Crippen LogP contribution in [0.3, 0.4) is 0 Å². The Labute approximate surface area is 204 Å². The third-order valence-electron chi connectivity index (χ3n) is 5.82. The summed E-state index contributed by atoms with van der Waals surface area (Å²) in [7, 11) is 0. The summed E-state index contributed by atoms with van der Waals surface area (Å²) in [6.45, 7) is 4.28. The molecule has 1 unspecified atom stereocenters. The van der Waals surface area contributed by atoms with Crippen LogP contribution in [0, 0.1) is 12.7 Å². The number of aromatic nitrogens is 1. The van der Waals surface area contributed by atoms with Crippen molar-refractivity contribution in [2.75, 3.05) is 11.5 Å². The molecule has 0 bridgehead atoms. The third-order valence-corrected chi connectivity index (χ3v) is 6.84. The number of aliphatic hydroxyl groups is 1. The van der Waals surface area contributed by atoms with Crippen molar-refractivity contribution in [3.8, 4) is 5.75 Å². The summed E-state index contributed by atoms with van der Waals surface area (Å²) in [5.41, 5.74) is 2.50. The van der Waals surface area contributed by atoms with Crippen LogP contribution in [0.1, 0.15) is 29.7 Å². The number of carbonyl (C=O) groups excluding carboxylic acids is 2. The van der Waals surface area contributed by atoms with E-state index in [9.17, 15) is 19.1 Å². The first-order valence-electron chi connectivity index (χ1n) is 11.0. The molecule has 0 spiro atoms. The van der Waals surface area contributed by atoms with Gasteiger partial charge in [-0.3, -0.25) is 14.5 Å². The van der Waals surface area contributed by atoms with Crippen LogP contribution in [-0.4, -0.2) is 28.4 Å². The fourth-order valence-corrected chi connectivity index (χ4v) is 5.13. The molecule has 1 aliphatic rings. The van der Waals surface area contributed by atoms with Gasteiger partial charge in [-0.1, -0.05) is 53.3 Å². The van der Waals surface area contributed by atoms with Crippen molar-refractivity contribution < 1.29 is 23.8 Å². The van der Waals surface area contributed by atoms with E-state index in [1.54, 1.807) is 36.4 Å². The zero-order valence-electron chi connectivity index (χ0n) is 19.0. The van der Waals surface area contributed by atoms with Crippen molar-refractivity contribution in [1.29, 1.82) is 0 Å². The zero-order chi connectivity index (χ0) is 24.7. The van der Waals surface area contributed by atoms with Crippen molar-refractivity contribution in [3.05, 3.63) is 94.8 Å². The van der Waals surface area contributed by atoms with Gasteiger partial charge >= 0.3 is 5.91 Å². The van der Waals surface area contributed by atoms with E-state index in [2.05, 4.69) is 4.98 Å². The van der Waals surface area contributed by atoms with E-state index in [1.807, 2.05) is 26.0 Å². The van der Waals surface area contributed by atoms with E-state index in [0.717, 1.165) is 16.9 Å². The molecule has 1 fully saturated rings. The molecule has 1 N–H and O–H groups in total. The lowest BCUT2D eigenvalue weighted by Crippen LogP contribution is -2.29. The number of anilines is 1. The number of ether oxygens (including phenoxy) is 1. The van der Waals surface area contributed by atoms with Crippen LogP contribution in [0.2, 0.25) is 0 Å². The van der Waals surface area contributed by atoms with Crippen LogP contribution >= 0.6 is 11.3 Å². The molecule has 6 nitrogen and oxygen atoms in total. The van der Waals surface area contributed by atoms with Gasteiger partial charge in [-0.05, 0) is 49.7 Å². The zero-order valence-corrected chi connectivity index (χ0v) is 19.8. The number of aryl methyl sites for hydroxylation is 1. The van der Waals surface area contributed by atoms with Gasteiger partial charge in [-0.2, -0.15) is 0 Å². The van der Waals surface area contributed by atoms with E-state index < -0.39 is 23.5 Å². The van der Waals surface area contributed by atoms with Crippen molar-refractivity contribution in [3.63, 3.8) is 0 Å². The minimum Gasteiger partial charge on any atom is -0.507 e. The number of nitrogens with zero attached hydrogens (tertiary/aromatic N) is 2. The highest BCUT2D eigenvalue weighted by molar-refractivity contribution is 7.22. The summed E-state index contributed by atoms with van der Waals surface area (Å²) in [6.07, 6.45) is 0. The second-order valence-corrected chi connectivity index (χ2v) is 9.15. The summed E-state index contributed by atoms with van der Waals surface area (Å²) < 4.78 is 19.9. The van der Waals surface area contributed by atoms with Crippen LogP contribution in [0.15, 0.2) is 72.3 Å². The summed E-state index contributed by atoms with van der Waals surface area (Å²) in [5, 5.41) is 11.4. The summed E-state index contributed by atoms with van der Waals surface area (Å²) in [4.78, 5) is 32.4. The third kappa shape index (κ3) is 4.06. The number of hydrogen-bond donors (Lipinski definition) is 1. The predicted octanol–water partition coefficient (Wildman–Crippen LogP) is 5.77. The first-order valence-corrected chi connectivity index (χ1v) is 11.9. The van der Waals surface area contributed by atoms with Crippen LogP contribution in [0.4, 0.5) is 9.52 Å². The molecule has 5 rings (SSSR count). The Morgan fingerprint density at radius 1 is 1.09 bits per heavy atom. The van der Waals surface area contributed by atoms with Gasteiger partial charge in [-0.15, -0.1) is 0 Å². The highest BCUT2D eigenvalue weighted by Gasteiger charge is 2.48. The van der Waals surface area contributed by atoms with Crippen LogP contribution in [-0.2, 0) is 9.59 Å². The Morgan fingerprint density at radius 2 is 1.80 bits per heavy atom. The normalized spacial score (nSPS) is 17.3. The Balaban J connectivity index is 1.70. The van der Waals surface area contributed by atoms with E-state index >= 15 is 0 Å². The molecule has 0 saturated carbocycles. The molecule has 1 aromatic heterocycles. The number of fused-ring (bicyclic) bond motifs is 1. The number of rotatable bonds is 5. The number of amides is 1. The van der Waals surface area contributed by atoms with Crippen molar-refractivity contribution in [2.45, 2.75) is 19.9 Å². The van der Waals surface area contributed by atoms with Gasteiger partial charge in [0.2, 0.25) is 0 Å². The van der Waals surface area contributed by atoms with Gasteiger partial charge in [0.25, 0.3) is 5.78 Å². The number of thiazole rings is 1. The van der Waals surface area contributed by atoms with Crippen molar-refractivity contribution in [2.24, 2.45) is 0 Å². The molecular weight excluding hydrogens is 467 g/mol. The summed E-state index contributed by atoms with van der Waals surface area (Å²) in [5.74, 6) is -1.67.